The number of rotatable bonds is 8. The zero-order valence-corrected chi connectivity index (χ0v) is 12.8. The Balaban J connectivity index is 4.41. The summed E-state index contributed by atoms with van der Waals surface area (Å²) in [6, 6.07) is 0.154. The van der Waals surface area contributed by atoms with E-state index in [1.165, 1.54) is 7.11 Å². The number of nitrogens with two attached hydrogens (primary N) is 1. The summed E-state index contributed by atoms with van der Waals surface area (Å²) in [5.41, 5.74) is 5.69. The van der Waals surface area contributed by atoms with Crippen LogP contribution < -0.4 is 5.73 Å². The van der Waals surface area contributed by atoms with Crippen LogP contribution in [0.25, 0.3) is 0 Å². The van der Waals surface area contributed by atoms with Crippen molar-refractivity contribution in [3.05, 3.63) is 0 Å². The lowest BCUT2D eigenvalue weighted by Crippen LogP contribution is -2.43. The first-order chi connectivity index (χ1) is 8.79. The summed E-state index contributed by atoms with van der Waals surface area (Å²) < 4.78 is 4.62. The van der Waals surface area contributed by atoms with Gasteiger partial charge >= 0.3 is 5.97 Å². The molecule has 0 bridgehead atoms. The first-order valence-corrected chi connectivity index (χ1v) is 6.92. The van der Waals surface area contributed by atoms with Crippen molar-refractivity contribution in [2.75, 3.05) is 13.7 Å². The monoisotopic (exact) mass is 272 g/mol. The largest absolute Gasteiger partial charge is 0.468 e. The van der Waals surface area contributed by atoms with E-state index in [4.69, 9.17) is 5.73 Å². The summed E-state index contributed by atoms with van der Waals surface area (Å²) in [6.45, 7) is 7.68. The summed E-state index contributed by atoms with van der Waals surface area (Å²) in [7, 11) is 1.33. The van der Waals surface area contributed by atoms with Gasteiger partial charge < -0.3 is 15.4 Å². The van der Waals surface area contributed by atoms with E-state index in [1.54, 1.807) is 4.90 Å². The van der Waals surface area contributed by atoms with E-state index in [-0.39, 0.29) is 36.4 Å². The molecule has 1 amide bonds. The summed E-state index contributed by atoms with van der Waals surface area (Å²) in [4.78, 5) is 25.2. The molecule has 112 valence electrons. The molecule has 0 saturated heterocycles. The fourth-order valence-corrected chi connectivity index (χ4v) is 1.87. The van der Waals surface area contributed by atoms with Crippen molar-refractivity contribution in [1.29, 1.82) is 0 Å². The number of methoxy groups -OCH3 is 1. The average Bonchev–Trinajstić information content (AvgIpc) is 2.33. The highest BCUT2D eigenvalue weighted by Gasteiger charge is 2.24. The highest BCUT2D eigenvalue weighted by atomic mass is 16.5. The Labute approximate surface area is 116 Å². The maximum Gasteiger partial charge on any atom is 0.325 e. The molecule has 0 aliphatic rings. The van der Waals surface area contributed by atoms with Crippen molar-refractivity contribution >= 4 is 11.9 Å². The lowest BCUT2D eigenvalue weighted by molar-refractivity contribution is -0.149. The second-order valence-corrected chi connectivity index (χ2v) is 5.45. The van der Waals surface area contributed by atoms with Crippen LogP contribution >= 0.6 is 0 Å². The first kappa shape index (κ1) is 17.9. The molecule has 19 heavy (non-hydrogen) atoms. The van der Waals surface area contributed by atoms with Crippen molar-refractivity contribution < 1.29 is 14.3 Å². The predicted octanol–water partition coefficient (Wildman–Crippen LogP) is 1.55. The molecular weight excluding hydrogens is 244 g/mol. The minimum Gasteiger partial charge on any atom is -0.468 e. The second kappa shape index (κ2) is 8.91. The number of esters is 1. The van der Waals surface area contributed by atoms with Crippen molar-refractivity contribution in [1.82, 2.24) is 4.90 Å². The van der Waals surface area contributed by atoms with E-state index in [2.05, 4.69) is 4.74 Å². The Morgan fingerprint density at radius 1 is 1.16 bits per heavy atom. The van der Waals surface area contributed by atoms with Gasteiger partial charge in [-0.3, -0.25) is 9.59 Å². The maximum atomic E-state index is 12.3. The van der Waals surface area contributed by atoms with E-state index in [9.17, 15) is 9.59 Å². The van der Waals surface area contributed by atoms with Gasteiger partial charge in [0.15, 0.2) is 0 Å². The van der Waals surface area contributed by atoms with Gasteiger partial charge in [-0.1, -0.05) is 13.3 Å². The Kier molecular flexibility index (Phi) is 8.39. The van der Waals surface area contributed by atoms with Crippen molar-refractivity contribution in [3.8, 4) is 0 Å². The van der Waals surface area contributed by atoms with Crippen LogP contribution in [0, 0.1) is 5.92 Å². The molecule has 5 nitrogen and oxygen atoms in total. The third-order valence-electron chi connectivity index (χ3n) is 3.15. The van der Waals surface area contributed by atoms with Gasteiger partial charge in [-0.05, 0) is 33.6 Å². The fourth-order valence-electron chi connectivity index (χ4n) is 1.87. The molecule has 0 spiro atoms. The van der Waals surface area contributed by atoms with Crippen molar-refractivity contribution in [2.45, 2.75) is 59.0 Å². The SMILES string of the molecule is COC(=O)CN(C(=O)C(C)CCCC(C)N)C(C)C. The molecule has 2 atom stereocenters. The van der Waals surface area contributed by atoms with Crippen LogP contribution in [0.5, 0.6) is 0 Å². The van der Waals surface area contributed by atoms with Crippen molar-refractivity contribution in [3.63, 3.8) is 0 Å². The number of carbonyl (C=O) groups is 2. The second-order valence-electron chi connectivity index (χ2n) is 5.45. The van der Waals surface area contributed by atoms with E-state index < -0.39 is 0 Å². The number of hydrogen-bond acceptors (Lipinski definition) is 4. The zero-order chi connectivity index (χ0) is 15.0. The Bertz CT molecular complexity index is 290. The van der Waals surface area contributed by atoms with Gasteiger partial charge in [-0.15, -0.1) is 0 Å². The number of hydrogen-bond donors (Lipinski definition) is 1. The van der Waals surface area contributed by atoms with Gasteiger partial charge in [0.25, 0.3) is 0 Å². The lowest BCUT2D eigenvalue weighted by Gasteiger charge is -2.28. The van der Waals surface area contributed by atoms with Gasteiger partial charge in [-0.2, -0.15) is 0 Å². The predicted molar refractivity (Wildman–Crippen MR) is 75.5 cm³/mol. The molecule has 0 heterocycles. The number of ether oxygens (including phenoxy) is 1. The summed E-state index contributed by atoms with van der Waals surface area (Å²) >= 11 is 0. The summed E-state index contributed by atoms with van der Waals surface area (Å²) in [5, 5.41) is 0. The Hall–Kier alpha value is -1.10. The molecule has 2 N–H and O–H groups in total. The van der Waals surface area contributed by atoms with Crippen LogP contribution in [-0.4, -0.2) is 42.5 Å². The summed E-state index contributed by atoms with van der Waals surface area (Å²) in [5.74, 6) is -0.472. The third kappa shape index (κ3) is 7.15. The normalized spacial score (nSPS) is 14.1. The summed E-state index contributed by atoms with van der Waals surface area (Å²) in [6.07, 6.45) is 2.63. The highest BCUT2D eigenvalue weighted by Crippen LogP contribution is 2.14. The fraction of sp³-hybridized carbons (Fsp3) is 0.857. The van der Waals surface area contributed by atoms with E-state index >= 15 is 0 Å². The van der Waals surface area contributed by atoms with E-state index in [0.29, 0.717) is 0 Å². The van der Waals surface area contributed by atoms with Gasteiger partial charge in [0.1, 0.15) is 6.54 Å². The average molecular weight is 272 g/mol. The quantitative estimate of drug-likeness (QED) is 0.680. The van der Waals surface area contributed by atoms with Gasteiger partial charge in [0, 0.05) is 18.0 Å². The molecule has 0 aromatic carbocycles. The first-order valence-electron chi connectivity index (χ1n) is 6.92. The molecule has 5 heteroatoms. The molecule has 0 aliphatic heterocycles. The minimum atomic E-state index is -0.384. The molecule has 0 aromatic rings. The molecule has 0 aromatic heterocycles. The Morgan fingerprint density at radius 3 is 2.16 bits per heavy atom. The van der Waals surface area contributed by atoms with Gasteiger partial charge in [0.05, 0.1) is 7.11 Å². The van der Waals surface area contributed by atoms with Crippen LogP contribution in [-0.2, 0) is 14.3 Å². The lowest BCUT2D eigenvalue weighted by atomic mass is 10.00. The maximum absolute atomic E-state index is 12.3. The number of amides is 1. The molecular formula is C14H28N2O3. The smallest absolute Gasteiger partial charge is 0.325 e. The van der Waals surface area contributed by atoms with Gasteiger partial charge in [0.2, 0.25) is 5.91 Å². The topological polar surface area (TPSA) is 72.6 Å². The zero-order valence-electron chi connectivity index (χ0n) is 12.8. The third-order valence-corrected chi connectivity index (χ3v) is 3.15. The molecule has 0 radical (unpaired) electrons. The van der Waals surface area contributed by atoms with Crippen LogP contribution in [0.15, 0.2) is 0 Å². The minimum absolute atomic E-state index is 0.00470. The van der Waals surface area contributed by atoms with Crippen LogP contribution in [0.4, 0.5) is 0 Å². The van der Waals surface area contributed by atoms with Crippen molar-refractivity contribution in [2.24, 2.45) is 11.7 Å². The number of nitrogens with zero attached hydrogens (tertiary/aromatic N) is 1. The van der Waals surface area contributed by atoms with E-state index in [1.807, 2.05) is 27.7 Å². The highest BCUT2D eigenvalue weighted by molar-refractivity contribution is 5.83. The molecule has 2 unspecified atom stereocenters. The Morgan fingerprint density at radius 2 is 1.74 bits per heavy atom. The van der Waals surface area contributed by atoms with Crippen LogP contribution in [0.1, 0.15) is 47.0 Å². The van der Waals surface area contributed by atoms with Crippen LogP contribution in [0.2, 0.25) is 0 Å². The molecule has 0 rings (SSSR count). The number of carbonyl (C=O) groups excluding carboxylic acids is 2. The molecule has 0 fully saturated rings. The molecule has 0 aliphatic carbocycles. The van der Waals surface area contributed by atoms with Gasteiger partial charge in [-0.25, -0.2) is 0 Å². The standard InChI is InChI=1S/C14H28N2O3/c1-10(2)16(9-13(17)19-5)14(18)11(3)7-6-8-12(4)15/h10-12H,6-9,15H2,1-5H3. The van der Waals surface area contributed by atoms with E-state index in [0.717, 1.165) is 19.3 Å². The van der Waals surface area contributed by atoms with Crippen LogP contribution in [0.3, 0.4) is 0 Å². The molecule has 0 saturated carbocycles.